The van der Waals surface area contributed by atoms with Gasteiger partial charge in [0.2, 0.25) is 0 Å². The van der Waals surface area contributed by atoms with Gasteiger partial charge in [0, 0.05) is 57.3 Å². The number of hydrogen-bond donors (Lipinski definition) is 1. The first-order valence-electron chi connectivity index (χ1n) is 9.85. The molecule has 2 aliphatic rings. The maximum absolute atomic E-state index is 12.9. The number of aryl methyl sites for hydroxylation is 2. The van der Waals surface area contributed by atoms with E-state index < -0.39 is 0 Å². The lowest BCUT2D eigenvalue weighted by molar-refractivity contribution is 0.0926. The fraction of sp³-hybridized carbons (Fsp3) is 0.476. The predicted molar refractivity (Wildman–Crippen MR) is 106 cm³/mol. The highest BCUT2D eigenvalue weighted by atomic mass is 16.3. The van der Waals surface area contributed by atoms with Crippen LogP contribution in [0, 0.1) is 6.92 Å². The Kier molecular flexibility index (Phi) is 5.17. The topological polar surface area (TPSA) is 78.7 Å². The van der Waals surface area contributed by atoms with Crippen molar-refractivity contribution in [2.24, 2.45) is 0 Å². The molecule has 4 rings (SSSR count). The first-order chi connectivity index (χ1) is 13.5. The zero-order valence-electron chi connectivity index (χ0n) is 16.5. The number of piperazine rings is 1. The SMILES string of the molecule is Cc1oc2c(c1C(=O)NCc1cccnc1N1CCN(C)CC1)C(=O)CCC2. The van der Waals surface area contributed by atoms with E-state index in [1.54, 1.807) is 13.1 Å². The van der Waals surface area contributed by atoms with Gasteiger partial charge in [-0.15, -0.1) is 0 Å². The van der Waals surface area contributed by atoms with Crippen molar-refractivity contribution in [1.82, 2.24) is 15.2 Å². The molecule has 0 bridgehead atoms. The Morgan fingerprint density at radius 1 is 1.25 bits per heavy atom. The number of likely N-dealkylation sites (N-methyl/N-ethyl adjacent to an activating group) is 1. The van der Waals surface area contributed by atoms with Crippen molar-refractivity contribution in [2.75, 3.05) is 38.1 Å². The lowest BCUT2D eigenvalue weighted by Crippen LogP contribution is -2.45. The van der Waals surface area contributed by atoms with Crippen molar-refractivity contribution in [1.29, 1.82) is 0 Å². The summed E-state index contributed by atoms with van der Waals surface area (Å²) in [7, 11) is 2.12. The molecule has 1 saturated heterocycles. The zero-order valence-corrected chi connectivity index (χ0v) is 16.5. The Morgan fingerprint density at radius 3 is 2.82 bits per heavy atom. The van der Waals surface area contributed by atoms with Crippen LogP contribution in [0.3, 0.4) is 0 Å². The molecule has 1 N–H and O–H groups in total. The third-order valence-electron chi connectivity index (χ3n) is 5.58. The van der Waals surface area contributed by atoms with E-state index in [-0.39, 0.29) is 11.7 Å². The molecule has 148 valence electrons. The van der Waals surface area contributed by atoms with E-state index in [1.165, 1.54) is 0 Å². The van der Waals surface area contributed by atoms with Crippen LogP contribution in [0.1, 0.15) is 50.6 Å². The van der Waals surface area contributed by atoms with Crippen LogP contribution >= 0.6 is 0 Å². The molecule has 0 unspecified atom stereocenters. The van der Waals surface area contributed by atoms with Crippen molar-refractivity contribution < 1.29 is 14.0 Å². The van der Waals surface area contributed by atoms with Gasteiger partial charge in [-0.25, -0.2) is 4.98 Å². The molecule has 0 aromatic carbocycles. The first-order valence-corrected chi connectivity index (χ1v) is 9.85. The molecule has 3 heterocycles. The van der Waals surface area contributed by atoms with Gasteiger partial charge in [0.1, 0.15) is 17.3 Å². The van der Waals surface area contributed by atoms with Gasteiger partial charge in [0.25, 0.3) is 5.91 Å². The molecule has 1 fully saturated rings. The molecule has 0 radical (unpaired) electrons. The molecule has 0 saturated carbocycles. The van der Waals surface area contributed by atoms with Crippen LogP contribution in [0.4, 0.5) is 5.82 Å². The minimum atomic E-state index is -0.258. The molecule has 0 spiro atoms. The van der Waals surface area contributed by atoms with Crippen molar-refractivity contribution in [3.63, 3.8) is 0 Å². The van der Waals surface area contributed by atoms with Crippen LogP contribution in [0.5, 0.6) is 0 Å². The number of Topliss-reactive ketones (excluding diaryl/α,β-unsaturated/α-hetero) is 1. The normalized spacial score (nSPS) is 17.5. The van der Waals surface area contributed by atoms with Crippen LogP contribution in [0.2, 0.25) is 0 Å². The van der Waals surface area contributed by atoms with Gasteiger partial charge in [-0.1, -0.05) is 6.07 Å². The Morgan fingerprint density at radius 2 is 2.04 bits per heavy atom. The highest BCUT2D eigenvalue weighted by molar-refractivity contribution is 6.10. The number of furan rings is 1. The molecule has 1 aliphatic carbocycles. The van der Waals surface area contributed by atoms with E-state index in [1.807, 2.05) is 12.1 Å². The smallest absolute Gasteiger partial charge is 0.255 e. The summed E-state index contributed by atoms with van der Waals surface area (Å²) in [6.45, 7) is 5.92. The number of nitrogens with one attached hydrogen (secondary N) is 1. The third kappa shape index (κ3) is 3.54. The number of nitrogens with zero attached hydrogens (tertiary/aromatic N) is 3. The number of carbonyl (C=O) groups is 2. The standard InChI is InChI=1S/C21H26N4O3/c1-14-18(19-16(26)6-3-7-17(19)28-14)21(27)23-13-15-5-4-8-22-20(15)25-11-9-24(2)10-12-25/h4-5,8H,3,6-7,9-13H2,1-2H3,(H,23,27). The number of anilines is 1. The summed E-state index contributed by atoms with van der Waals surface area (Å²) >= 11 is 0. The number of pyridine rings is 1. The molecule has 2 aromatic rings. The lowest BCUT2D eigenvalue weighted by atomic mass is 9.93. The number of aromatic nitrogens is 1. The fourth-order valence-electron chi connectivity index (χ4n) is 4.02. The number of fused-ring (bicyclic) bond motifs is 1. The summed E-state index contributed by atoms with van der Waals surface area (Å²) in [5.41, 5.74) is 1.85. The van der Waals surface area contributed by atoms with Crippen LogP contribution in [-0.4, -0.2) is 54.8 Å². The number of amides is 1. The van der Waals surface area contributed by atoms with Crippen LogP contribution in [0.25, 0.3) is 0 Å². The van der Waals surface area contributed by atoms with Crippen molar-refractivity contribution in [2.45, 2.75) is 32.7 Å². The van der Waals surface area contributed by atoms with Gasteiger partial charge in [-0.05, 0) is 26.5 Å². The molecule has 2 aromatic heterocycles. The van der Waals surface area contributed by atoms with E-state index in [0.717, 1.165) is 44.0 Å². The quantitative estimate of drug-likeness (QED) is 0.873. The summed E-state index contributed by atoms with van der Waals surface area (Å²) in [6.07, 6.45) is 3.76. The number of carbonyl (C=O) groups excluding carboxylic acids is 2. The molecular weight excluding hydrogens is 356 g/mol. The largest absolute Gasteiger partial charge is 0.465 e. The fourth-order valence-corrected chi connectivity index (χ4v) is 4.02. The number of hydrogen-bond acceptors (Lipinski definition) is 6. The maximum Gasteiger partial charge on any atom is 0.255 e. The van der Waals surface area contributed by atoms with Gasteiger partial charge in [0.05, 0.1) is 11.1 Å². The highest BCUT2D eigenvalue weighted by Gasteiger charge is 2.30. The predicted octanol–water partition coefficient (Wildman–Crippen LogP) is 2.18. The van der Waals surface area contributed by atoms with E-state index in [9.17, 15) is 9.59 Å². The zero-order chi connectivity index (χ0) is 19.7. The van der Waals surface area contributed by atoms with Gasteiger partial charge >= 0.3 is 0 Å². The minimum Gasteiger partial charge on any atom is -0.465 e. The highest BCUT2D eigenvalue weighted by Crippen LogP contribution is 2.29. The average Bonchev–Trinajstić information content (AvgIpc) is 3.04. The Labute approximate surface area is 164 Å². The summed E-state index contributed by atoms with van der Waals surface area (Å²) in [5, 5.41) is 2.97. The van der Waals surface area contributed by atoms with Crippen molar-refractivity contribution in [3.8, 4) is 0 Å². The third-order valence-corrected chi connectivity index (χ3v) is 5.58. The maximum atomic E-state index is 12.9. The van der Waals surface area contributed by atoms with Crippen LogP contribution < -0.4 is 10.2 Å². The molecule has 1 amide bonds. The van der Waals surface area contributed by atoms with Crippen molar-refractivity contribution in [3.05, 3.63) is 46.5 Å². The van der Waals surface area contributed by atoms with Crippen LogP contribution in [-0.2, 0) is 13.0 Å². The summed E-state index contributed by atoms with van der Waals surface area (Å²) < 4.78 is 5.70. The Bertz CT molecular complexity index is 897. The summed E-state index contributed by atoms with van der Waals surface area (Å²) in [6, 6.07) is 3.87. The number of rotatable bonds is 4. The van der Waals surface area contributed by atoms with Gasteiger partial charge in [-0.3, -0.25) is 9.59 Å². The van der Waals surface area contributed by atoms with Gasteiger partial charge < -0.3 is 19.5 Å². The molecule has 1 aliphatic heterocycles. The number of ketones is 1. The molecule has 7 nitrogen and oxygen atoms in total. The second-order valence-electron chi connectivity index (χ2n) is 7.57. The van der Waals surface area contributed by atoms with Crippen molar-refractivity contribution >= 4 is 17.5 Å². The monoisotopic (exact) mass is 382 g/mol. The first kappa shape index (κ1) is 18.7. The van der Waals surface area contributed by atoms with Gasteiger partial charge in [-0.2, -0.15) is 0 Å². The summed E-state index contributed by atoms with van der Waals surface area (Å²) in [4.78, 5) is 34.3. The average molecular weight is 382 g/mol. The van der Waals surface area contributed by atoms with E-state index in [2.05, 4.69) is 27.1 Å². The van der Waals surface area contributed by atoms with Gasteiger partial charge in [0.15, 0.2) is 5.78 Å². The minimum absolute atomic E-state index is 0.00255. The lowest BCUT2D eigenvalue weighted by Gasteiger charge is -2.34. The Hall–Kier alpha value is -2.67. The second-order valence-corrected chi connectivity index (χ2v) is 7.57. The van der Waals surface area contributed by atoms with E-state index in [0.29, 0.717) is 42.0 Å². The van der Waals surface area contributed by atoms with Crippen LogP contribution in [0.15, 0.2) is 22.7 Å². The second kappa shape index (κ2) is 7.75. The summed E-state index contributed by atoms with van der Waals surface area (Å²) in [5.74, 6) is 1.83. The molecule has 7 heteroatoms. The molecular formula is C21H26N4O3. The van der Waals surface area contributed by atoms with E-state index in [4.69, 9.17) is 4.42 Å². The molecule has 0 atom stereocenters. The molecule has 28 heavy (non-hydrogen) atoms. The Balaban J connectivity index is 1.51. The van der Waals surface area contributed by atoms with E-state index >= 15 is 0 Å².